The largest absolute Gasteiger partial charge is 0.426 e. The van der Waals surface area contributed by atoms with Gasteiger partial charge in [0.15, 0.2) is 0 Å². The van der Waals surface area contributed by atoms with E-state index >= 15 is 0 Å². The van der Waals surface area contributed by atoms with Crippen molar-refractivity contribution in [2.24, 2.45) is 5.92 Å². The summed E-state index contributed by atoms with van der Waals surface area (Å²) in [6.45, 7) is 1.17. The molecule has 1 amide bonds. The number of ether oxygens (including phenoxy) is 1. The summed E-state index contributed by atoms with van der Waals surface area (Å²) in [6, 6.07) is 19.7. The van der Waals surface area contributed by atoms with Gasteiger partial charge in [0.2, 0.25) is 0 Å². The molecule has 1 fully saturated rings. The second-order valence-electron chi connectivity index (χ2n) is 7.27. The summed E-state index contributed by atoms with van der Waals surface area (Å²) in [7, 11) is 0. The summed E-state index contributed by atoms with van der Waals surface area (Å²) < 4.78 is 5.78. The highest BCUT2D eigenvalue weighted by molar-refractivity contribution is 7.08. The van der Waals surface area contributed by atoms with E-state index in [1.165, 1.54) is 16.9 Å². The first-order valence-corrected chi connectivity index (χ1v) is 10.8. The molecule has 29 heavy (non-hydrogen) atoms. The number of hydrogen-bond donors (Lipinski definition) is 0. The fourth-order valence-electron chi connectivity index (χ4n) is 3.64. The van der Waals surface area contributed by atoms with Gasteiger partial charge in [-0.25, -0.2) is 0 Å². The summed E-state index contributed by atoms with van der Waals surface area (Å²) in [5.41, 5.74) is 2.90. The number of carbonyl (C=O) groups excluding carboxylic acids is 2. The van der Waals surface area contributed by atoms with Gasteiger partial charge in [0.1, 0.15) is 5.75 Å². The Labute approximate surface area is 174 Å². The molecule has 1 aliphatic heterocycles. The molecule has 0 aliphatic carbocycles. The predicted molar refractivity (Wildman–Crippen MR) is 114 cm³/mol. The molecule has 0 bridgehead atoms. The lowest BCUT2D eigenvalue weighted by molar-refractivity contribution is -0.140. The molecule has 1 aliphatic rings. The molecule has 2 heterocycles. The van der Waals surface area contributed by atoms with Crippen molar-refractivity contribution in [3.05, 3.63) is 88.1 Å². The number of hydrogen-bond acceptors (Lipinski definition) is 4. The van der Waals surface area contributed by atoms with Crippen molar-refractivity contribution in [3.63, 3.8) is 0 Å². The van der Waals surface area contributed by atoms with E-state index < -0.39 is 0 Å². The summed E-state index contributed by atoms with van der Waals surface area (Å²) in [4.78, 5) is 27.0. The van der Waals surface area contributed by atoms with Crippen molar-refractivity contribution in [1.29, 1.82) is 0 Å². The number of likely N-dealkylation sites (tertiary alicyclic amines) is 1. The Balaban J connectivity index is 1.36. The second kappa shape index (κ2) is 9.05. The van der Waals surface area contributed by atoms with Crippen LogP contribution in [-0.2, 0) is 11.2 Å². The number of rotatable bonds is 5. The van der Waals surface area contributed by atoms with Crippen LogP contribution in [0.25, 0.3) is 0 Å². The molecule has 3 aromatic rings. The van der Waals surface area contributed by atoms with E-state index in [4.69, 9.17) is 4.74 Å². The van der Waals surface area contributed by atoms with Gasteiger partial charge in [0, 0.05) is 24.9 Å². The van der Waals surface area contributed by atoms with Crippen LogP contribution in [0.3, 0.4) is 0 Å². The van der Waals surface area contributed by atoms with Gasteiger partial charge in [-0.15, -0.1) is 0 Å². The molecule has 1 aromatic heterocycles. The van der Waals surface area contributed by atoms with Crippen LogP contribution in [0.4, 0.5) is 0 Å². The molecule has 0 saturated carbocycles. The van der Waals surface area contributed by atoms with Gasteiger partial charge in [-0.1, -0.05) is 48.5 Å². The fourth-order valence-corrected chi connectivity index (χ4v) is 4.27. The Bertz CT molecular complexity index is 961. The smallest absolute Gasteiger partial charge is 0.314 e. The summed E-state index contributed by atoms with van der Waals surface area (Å²) in [5, 5.41) is 3.77. The molecule has 0 atom stereocenters. The van der Waals surface area contributed by atoms with Gasteiger partial charge in [0.25, 0.3) is 5.91 Å². The maximum atomic E-state index is 12.8. The van der Waals surface area contributed by atoms with Crippen molar-refractivity contribution in [2.75, 3.05) is 13.1 Å². The van der Waals surface area contributed by atoms with Gasteiger partial charge in [0.05, 0.1) is 11.5 Å². The van der Waals surface area contributed by atoms with Crippen LogP contribution in [0.2, 0.25) is 0 Å². The number of para-hydroxylation sites is 1. The number of benzene rings is 2. The zero-order valence-corrected chi connectivity index (χ0v) is 16.9. The highest BCUT2D eigenvalue weighted by Crippen LogP contribution is 2.26. The van der Waals surface area contributed by atoms with Gasteiger partial charge in [-0.05, 0) is 41.5 Å². The molecule has 0 spiro atoms. The number of thiophene rings is 1. The molecule has 2 aromatic carbocycles. The van der Waals surface area contributed by atoms with Crippen molar-refractivity contribution in [2.45, 2.75) is 19.3 Å². The summed E-state index contributed by atoms with van der Waals surface area (Å²) >= 11 is 1.52. The summed E-state index contributed by atoms with van der Waals surface area (Å²) in [5.74, 6) is 0.295. The van der Waals surface area contributed by atoms with Crippen LogP contribution in [0.1, 0.15) is 34.3 Å². The molecular weight excluding hydrogens is 382 g/mol. The lowest BCUT2D eigenvalue weighted by atomic mass is 9.96. The first kappa shape index (κ1) is 19.4. The average Bonchev–Trinajstić information content (AvgIpc) is 3.30. The standard InChI is InChI=1S/C24H23NO3S/c26-23(21-12-15-29-17-21)25-13-10-19(11-14-25)24(27)28-22-9-5-4-8-20(22)16-18-6-2-1-3-7-18/h1-9,12,15,17,19H,10-11,13-14,16H2. The fraction of sp³-hybridized carbons (Fsp3) is 0.250. The molecule has 0 N–H and O–H groups in total. The Morgan fingerprint density at radius 1 is 0.966 bits per heavy atom. The second-order valence-corrected chi connectivity index (χ2v) is 8.05. The Kier molecular flexibility index (Phi) is 6.06. The molecule has 5 heteroatoms. The maximum Gasteiger partial charge on any atom is 0.314 e. The van der Waals surface area contributed by atoms with Gasteiger partial charge in [-0.2, -0.15) is 11.3 Å². The summed E-state index contributed by atoms with van der Waals surface area (Å²) in [6.07, 6.45) is 1.99. The van der Waals surface area contributed by atoms with Crippen molar-refractivity contribution in [3.8, 4) is 5.75 Å². The maximum absolute atomic E-state index is 12.8. The number of esters is 1. The SMILES string of the molecule is O=C(Oc1ccccc1Cc1ccccc1)C1CCN(C(=O)c2ccsc2)CC1. The molecule has 4 nitrogen and oxygen atoms in total. The minimum Gasteiger partial charge on any atom is -0.426 e. The highest BCUT2D eigenvalue weighted by Gasteiger charge is 2.29. The van der Waals surface area contributed by atoms with E-state index in [2.05, 4.69) is 12.1 Å². The minimum atomic E-state index is -0.201. The molecule has 0 radical (unpaired) electrons. The third-order valence-corrected chi connectivity index (χ3v) is 5.99. The molecule has 4 rings (SSSR count). The Morgan fingerprint density at radius 3 is 2.41 bits per heavy atom. The lowest BCUT2D eigenvalue weighted by Gasteiger charge is -2.30. The molecular formula is C24H23NO3S. The normalized spacial score (nSPS) is 14.6. The number of amides is 1. The van der Waals surface area contributed by atoms with Crippen LogP contribution < -0.4 is 4.74 Å². The topological polar surface area (TPSA) is 46.6 Å². The molecule has 148 valence electrons. The monoisotopic (exact) mass is 405 g/mol. The van der Waals surface area contributed by atoms with Crippen LogP contribution in [0.15, 0.2) is 71.4 Å². The van der Waals surface area contributed by atoms with E-state index in [0.717, 1.165) is 17.5 Å². The van der Waals surface area contributed by atoms with E-state index in [1.807, 2.05) is 64.2 Å². The predicted octanol–water partition coefficient (Wildman–Crippen LogP) is 4.80. The van der Waals surface area contributed by atoms with Crippen molar-refractivity contribution in [1.82, 2.24) is 4.90 Å². The zero-order valence-electron chi connectivity index (χ0n) is 16.1. The highest BCUT2D eigenvalue weighted by atomic mass is 32.1. The third kappa shape index (κ3) is 4.74. The van der Waals surface area contributed by atoms with Gasteiger partial charge in [-0.3, -0.25) is 9.59 Å². The van der Waals surface area contributed by atoms with Crippen molar-refractivity contribution < 1.29 is 14.3 Å². The van der Waals surface area contributed by atoms with Gasteiger partial charge >= 0.3 is 5.97 Å². The lowest BCUT2D eigenvalue weighted by Crippen LogP contribution is -2.41. The number of piperidine rings is 1. The number of carbonyl (C=O) groups is 2. The molecule has 1 saturated heterocycles. The Hall–Kier alpha value is -2.92. The van der Waals surface area contributed by atoms with Crippen LogP contribution in [0, 0.1) is 5.92 Å². The van der Waals surface area contributed by atoms with E-state index in [1.54, 1.807) is 0 Å². The van der Waals surface area contributed by atoms with Crippen molar-refractivity contribution >= 4 is 23.2 Å². The third-order valence-electron chi connectivity index (χ3n) is 5.30. The first-order chi connectivity index (χ1) is 14.2. The quantitative estimate of drug-likeness (QED) is 0.453. The van der Waals surface area contributed by atoms with Crippen LogP contribution in [0.5, 0.6) is 5.75 Å². The average molecular weight is 406 g/mol. The van der Waals surface area contributed by atoms with E-state index in [9.17, 15) is 9.59 Å². The Morgan fingerprint density at radius 2 is 1.69 bits per heavy atom. The first-order valence-electron chi connectivity index (χ1n) is 9.85. The molecule has 0 unspecified atom stereocenters. The minimum absolute atomic E-state index is 0.0475. The zero-order chi connectivity index (χ0) is 20.1. The number of nitrogens with zero attached hydrogens (tertiary/aromatic N) is 1. The van der Waals surface area contributed by atoms with E-state index in [-0.39, 0.29) is 17.8 Å². The van der Waals surface area contributed by atoms with Crippen LogP contribution in [-0.4, -0.2) is 29.9 Å². The van der Waals surface area contributed by atoms with Gasteiger partial charge < -0.3 is 9.64 Å². The van der Waals surface area contributed by atoms with Crippen LogP contribution >= 0.6 is 11.3 Å². The van der Waals surface area contributed by atoms with E-state index in [0.29, 0.717) is 31.7 Å².